The minimum Gasteiger partial charge on any atom is -0.342 e. The monoisotopic (exact) mass is 439 g/mol. The maximum absolute atomic E-state index is 13.6. The van der Waals surface area contributed by atoms with Crippen LogP contribution in [0.15, 0.2) is 24.3 Å². The second-order valence-corrected chi connectivity index (χ2v) is 10.4. The highest BCUT2D eigenvalue weighted by atomic mass is 16.2. The number of carbonyl (C=O) groups is 2. The van der Waals surface area contributed by atoms with Crippen LogP contribution in [-0.2, 0) is 16.1 Å². The van der Waals surface area contributed by atoms with Gasteiger partial charge in [-0.3, -0.25) is 14.5 Å². The number of hydrogen-bond acceptors (Lipinski definition) is 3. The molecule has 2 amide bonds. The van der Waals surface area contributed by atoms with Gasteiger partial charge in [-0.15, -0.1) is 0 Å². The fourth-order valence-electron chi connectivity index (χ4n) is 5.96. The van der Waals surface area contributed by atoms with Crippen LogP contribution in [-0.4, -0.2) is 52.8 Å². The first kappa shape index (κ1) is 23.3. The average molecular weight is 440 g/mol. The molecule has 1 spiro atoms. The van der Waals surface area contributed by atoms with Crippen molar-refractivity contribution in [2.24, 2.45) is 5.92 Å². The number of aryl methyl sites for hydroxylation is 1. The molecule has 1 aliphatic carbocycles. The molecule has 0 bridgehead atoms. The fraction of sp³-hybridized carbons (Fsp3) is 0.704. The first-order valence-corrected chi connectivity index (χ1v) is 12.9. The minimum absolute atomic E-state index is 0.101. The Balaban J connectivity index is 1.44. The molecule has 2 heterocycles. The molecule has 1 atom stereocenters. The van der Waals surface area contributed by atoms with E-state index in [1.165, 1.54) is 43.2 Å². The Kier molecular flexibility index (Phi) is 7.55. The number of piperazine rings is 1. The minimum atomic E-state index is -0.654. The second-order valence-electron chi connectivity index (χ2n) is 10.4. The molecule has 0 aromatic heterocycles. The number of rotatable bonds is 7. The largest absolute Gasteiger partial charge is 0.342 e. The Labute approximate surface area is 193 Å². The molecule has 5 heteroatoms. The fourth-order valence-corrected chi connectivity index (χ4v) is 5.96. The Morgan fingerprint density at radius 1 is 1.03 bits per heavy atom. The van der Waals surface area contributed by atoms with Gasteiger partial charge in [0.2, 0.25) is 11.8 Å². The van der Waals surface area contributed by atoms with Gasteiger partial charge in [0.15, 0.2) is 0 Å². The Morgan fingerprint density at radius 2 is 1.72 bits per heavy atom. The van der Waals surface area contributed by atoms with Crippen LogP contribution in [0, 0.1) is 12.8 Å². The van der Waals surface area contributed by atoms with Gasteiger partial charge in [0.1, 0.15) is 11.6 Å². The number of benzene rings is 1. The van der Waals surface area contributed by atoms with Crippen LogP contribution in [0.5, 0.6) is 0 Å². The van der Waals surface area contributed by atoms with Crippen LogP contribution in [0.4, 0.5) is 0 Å². The van der Waals surface area contributed by atoms with Crippen LogP contribution in [0.3, 0.4) is 0 Å². The Morgan fingerprint density at radius 3 is 2.38 bits per heavy atom. The summed E-state index contributed by atoms with van der Waals surface area (Å²) in [5.74, 6) is 0.857. The molecule has 176 valence electrons. The maximum atomic E-state index is 13.6. The summed E-state index contributed by atoms with van der Waals surface area (Å²) < 4.78 is 0. The van der Waals surface area contributed by atoms with Crippen molar-refractivity contribution in [2.75, 3.05) is 19.6 Å². The SMILES string of the molecule is CCCCN1C(=O)C(CC2CCCCC2)NC(=O)C12CCN(Cc1ccc(C)cc1)CC2. The molecule has 1 aromatic carbocycles. The van der Waals surface area contributed by atoms with Crippen LogP contribution in [0.25, 0.3) is 0 Å². The third-order valence-electron chi connectivity index (χ3n) is 8.05. The van der Waals surface area contributed by atoms with E-state index in [9.17, 15) is 9.59 Å². The zero-order valence-electron chi connectivity index (χ0n) is 20.1. The average Bonchev–Trinajstić information content (AvgIpc) is 2.81. The molecule has 1 aromatic rings. The van der Waals surface area contributed by atoms with Gasteiger partial charge in [0.25, 0.3) is 0 Å². The number of nitrogens with one attached hydrogen (secondary N) is 1. The molecule has 4 rings (SSSR count). The van der Waals surface area contributed by atoms with E-state index in [0.29, 0.717) is 12.5 Å². The zero-order valence-corrected chi connectivity index (χ0v) is 20.1. The van der Waals surface area contributed by atoms with Crippen LogP contribution in [0.2, 0.25) is 0 Å². The van der Waals surface area contributed by atoms with Gasteiger partial charge in [-0.05, 0) is 44.1 Å². The second kappa shape index (κ2) is 10.4. The van der Waals surface area contributed by atoms with Gasteiger partial charge >= 0.3 is 0 Å². The topological polar surface area (TPSA) is 52.7 Å². The van der Waals surface area contributed by atoms with Crippen molar-refractivity contribution in [1.82, 2.24) is 15.1 Å². The summed E-state index contributed by atoms with van der Waals surface area (Å²) in [5, 5.41) is 3.20. The molecule has 2 saturated heterocycles. The van der Waals surface area contributed by atoms with E-state index in [-0.39, 0.29) is 17.9 Å². The Hall–Kier alpha value is -1.88. The zero-order chi connectivity index (χ0) is 22.6. The van der Waals surface area contributed by atoms with Crippen molar-refractivity contribution >= 4 is 11.8 Å². The van der Waals surface area contributed by atoms with E-state index in [0.717, 1.165) is 51.7 Å². The third kappa shape index (κ3) is 5.03. The van der Waals surface area contributed by atoms with E-state index in [1.807, 2.05) is 4.90 Å². The lowest BCUT2D eigenvalue weighted by Gasteiger charge is -2.52. The number of carbonyl (C=O) groups excluding carboxylic acids is 2. The predicted octanol–water partition coefficient (Wildman–Crippen LogP) is 4.43. The standard InChI is InChI=1S/C27H41N3O2/c1-3-4-16-30-25(31)24(19-22-8-6-5-7-9-22)28-26(32)27(30)14-17-29(18-15-27)20-23-12-10-21(2)11-13-23/h10-13,22,24H,3-9,14-20H2,1-2H3,(H,28,32). The first-order chi connectivity index (χ1) is 15.5. The van der Waals surface area contributed by atoms with Crippen molar-refractivity contribution in [1.29, 1.82) is 0 Å². The van der Waals surface area contributed by atoms with Crippen molar-refractivity contribution < 1.29 is 9.59 Å². The maximum Gasteiger partial charge on any atom is 0.246 e. The van der Waals surface area contributed by atoms with Gasteiger partial charge in [-0.2, -0.15) is 0 Å². The molecule has 5 nitrogen and oxygen atoms in total. The number of likely N-dealkylation sites (tertiary alicyclic amines) is 1. The molecular formula is C27H41N3O2. The molecule has 3 fully saturated rings. The van der Waals surface area contributed by atoms with Crippen LogP contribution >= 0.6 is 0 Å². The molecule has 2 aliphatic heterocycles. The summed E-state index contributed by atoms with van der Waals surface area (Å²) in [7, 11) is 0. The summed E-state index contributed by atoms with van der Waals surface area (Å²) in [6, 6.07) is 8.39. The number of unbranched alkanes of at least 4 members (excludes halogenated alkanes) is 1. The van der Waals surface area contributed by atoms with E-state index in [2.05, 4.69) is 48.3 Å². The van der Waals surface area contributed by atoms with Crippen LogP contribution in [0.1, 0.15) is 82.3 Å². The third-order valence-corrected chi connectivity index (χ3v) is 8.05. The van der Waals surface area contributed by atoms with Crippen LogP contribution < -0.4 is 5.32 Å². The number of amides is 2. The van der Waals surface area contributed by atoms with Gasteiger partial charge in [-0.1, -0.05) is 75.3 Å². The highest BCUT2D eigenvalue weighted by Crippen LogP contribution is 2.36. The molecule has 1 saturated carbocycles. The molecule has 1 unspecified atom stereocenters. The number of piperidine rings is 1. The Bertz CT molecular complexity index is 777. The van der Waals surface area contributed by atoms with Gasteiger partial charge in [-0.25, -0.2) is 0 Å². The van der Waals surface area contributed by atoms with Crippen molar-refractivity contribution in [2.45, 2.75) is 96.2 Å². The van der Waals surface area contributed by atoms with E-state index >= 15 is 0 Å². The highest BCUT2D eigenvalue weighted by molar-refractivity contribution is 6.00. The molecule has 3 aliphatic rings. The lowest BCUT2D eigenvalue weighted by molar-refractivity contribution is -0.162. The molecule has 1 N–H and O–H groups in total. The van der Waals surface area contributed by atoms with E-state index in [1.54, 1.807) is 0 Å². The van der Waals surface area contributed by atoms with E-state index in [4.69, 9.17) is 0 Å². The first-order valence-electron chi connectivity index (χ1n) is 12.9. The summed E-state index contributed by atoms with van der Waals surface area (Å²) in [5.41, 5.74) is 1.93. The van der Waals surface area contributed by atoms with Crippen molar-refractivity contribution in [3.63, 3.8) is 0 Å². The lowest BCUT2D eigenvalue weighted by Crippen LogP contribution is -2.73. The number of hydrogen-bond donors (Lipinski definition) is 1. The smallest absolute Gasteiger partial charge is 0.246 e. The summed E-state index contributed by atoms with van der Waals surface area (Å²) in [6.07, 6.45) is 10.5. The summed E-state index contributed by atoms with van der Waals surface area (Å²) in [6.45, 7) is 7.59. The van der Waals surface area contributed by atoms with Gasteiger partial charge in [0, 0.05) is 26.2 Å². The van der Waals surface area contributed by atoms with Gasteiger partial charge in [0.05, 0.1) is 0 Å². The number of nitrogens with zero attached hydrogens (tertiary/aromatic N) is 2. The lowest BCUT2D eigenvalue weighted by atomic mass is 9.79. The van der Waals surface area contributed by atoms with E-state index < -0.39 is 5.54 Å². The highest BCUT2D eigenvalue weighted by Gasteiger charge is 2.53. The van der Waals surface area contributed by atoms with Crippen molar-refractivity contribution in [3.05, 3.63) is 35.4 Å². The molecule has 32 heavy (non-hydrogen) atoms. The molecule has 0 radical (unpaired) electrons. The van der Waals surface area contributed by atoms with Crippen molar-refractivity contribution in [3.8, 4) is 0 Å². The summed E-state index contributed by atoms with van der Waals surface area (Å²) >= 11 is 0. The van der Waals surface area contributed by atoms with Gasteiger partial charge < -0.3 is 10.2 Å². The quantitative estimate of drug-likeness (QED) is 0.684. The normalized spacial score (nSPS) is 24.7. The molecular weight excluding hydrogens is 398 g/mol. The predicted molar refractivity (Wildman–Crippen MR) is 128 cm³/mol. The summed E-state index contributed by atoms with van der Waals surface area (Å²) in [4.78, 5) is 31.6.